The fraction of sp³-hybridized carbons (Fsp3) is 0.737. The quantitative estimate of drug-likeness (QED) is 0.192. The molecule has 4 atom stereocenters. The van der Waals surface area contributed by atoms with E-state index in [-0.39, 0.29) is 13.2 Å². The normalized spacial score (nSPS) is 14.8. The van der Waals surface area contributed by atoms with E-state index in [0.717, 1.165) is 34.6 Å². The summed E-state index contributed by atoms with van der Waals surface area (Å²) in [6, 6.07) is 0. The Morgan fingerprint density at radius 3 is 1.42 bits per heavy atom. The molecule has 0 saturated heterocycles. The molecule has 13 nitrogen and oxygen atoms in total. The second-order valence-corrected chi connectivity index (χ2v) is 8.58. The maximum atomic E-state index is 13.5. The van der Waals surface area contributed by atoms with E-state index in [9.17, 15) is 28.5 Å². The van der Waals surface area contributed by atoms with E-state index in [2.05, 4.69) is 0 Å². The van der Waals surface area contributed by atoms with Gasteiger partial charge in [0.1, 0.15) is 6.61 Å². The molecular formula is C19H31O13P. The van der Waals surface area contributed by atoms with Crippen molar-refractivity contribution >= 4 is 37.4 Å². The van der Waals surface area contributed by atoms with Crippen LogP contribution in [0.5, 0.6) is 0 Å². The number of esters is 5. The highest BCUT2D eigenvalue weighted by molar-refractivity contribution is 7.54. The first-order valence-electron chi connectivity index (χ1n) is 9.98. The van der Waals surface area contributed by atoms with E-state index in [4.69, 9.17) is 32.7 Å². The van der Waals surface area contributed by atoms with Crippen molar-refractivity contribution in [2.45, 2.75) is 72.6 Å². The summed E-state index contributed by atoms with van der Waals surface area (Å²) in [5.41, 5.74) is 0. The van der Waals surface area contributed by atoms with Crippen LogP contribution in [0, 0.1) is 0 Å². The molecule has 33 heavy (non-hydrogen) atoms. The Labute approximate surface area is 191 Å². The molecule has 0 bridgehead atoms. The number of hydrogen-bond donors (Lipinski definition) is 0. The summed E-state index contributed by atoms with van der Waals surface area (Å²) in [4.78, 5) is 58.6. The van der Waals surface area contributed by atoms with E-state index >= 15 is 0 Å². The summed E-state index contributed by atoms with van der Waals surface area (Å²) in [6.07, 6.45) is -5.14. The Bertz CT molecular complexity index is 740. The van der Waals surface area contributed by atoms with Gasteiger partial charge in [0.15, 0.2) is 18.3 Å². The van der Waals surface area contributed by atoms with E-state index in [0.29, 0.717) is 0 Å². The molecule has 0 aliphatic carbocycles. The van der Waals surface area contributed by atoms with Crippen molar-refractivity contribution in [2.24, 2.45) is 0 Å². The zero-order valence-electron chi connectivity index (χ0n) is 19.7. The van der Waals surface area contributed by atoms with Crippen molar-refractivity contribution in [1.29, 1.82) is 0 Å². The third kappa shape index (κ3) is 11.3. The van der Waals surface area contributed by atoms with Gasteiger partial charge >= 0.3 is 37.4 Å². The molecule has 0 heterocycles. The lowest BCUT2D eigenvalue weighted by molar-refractivity contribution is -0.198. The second kappa shape index (κ2) is 14.6. The first kappa shape index (κ1) is 30.5. The van der Waals surface area contributed by atoms with Crippen LogP contribution in [0.1, 0.15) is 48.5 Å². The van der Waals surface area contributed by atoms with Crippen LogP contribution in [0.4, 0.5) is 0 Å². The molecule has 0 unspecified atom stereocenters. The predicted molar refractivity (Wildman–Crippen MR) is 110 cm³/mol. The maximum absolute atomic E-state index is 13.5. The predicted octanol–water partition coefficient (Wildman–Crippen LogP) is 1.50. The van der Waals surface area contributed by atoms with Crippen LogP contribution < -0.4 is 0 Å². The minimum absolute atomic E-state index is 0.152. The molecule has 0 spiro atoms. The molecule has 0 rings (SSSR count). The van der Waals surface area contributed by atoms with Gasteiger partial charge in [0.25, 0.3) is 0 Å². The molecule has 0 aliphatic rings. The number of rotatable bonds is 14. The van der Waals surface area contributed by atoms with E-state index < -0.39 is 68.2 Å². The Balaban J connectivity index is 6.78. The van der Waals surface area contributed by atoms with Gasteiger partial charge in [-0.25, -0.2) is 0 Å². The van der Waals surface area contributed by atoms with Crippen molar-refractivity contribution < 1.29 is 61.3 Å². The molecule has 0 N–H and O–H groups in total. The van der Waals surface area contributed by atoms with Crippen LogP contribution in [-0.2, 0) is 61.3 Å². The van der Waals surface area contributed by atoms with Crippen molar-refractivity contribution in [3.8, 4) is 0 Å². The molecule has 0 saturated carbocycles. The molecule has 14 heteroatoms. The van der Waals surface area contributed by atoms with Crippen LogP contribution in [0.3, 0.4) is 0 Å². The van der Waals surface area contributed by atoms with Crippen LogP contribution in [-0.4, -0.2) is 73.8 Å². The van der Waals surface area contributed by atoms with Crippen molar-refractivity contribution in [3.05, 3.63) is 0 Å². The summed E-state index contributed by atoms with van der Waals surface area (Å²) >= 11 is 0. The smallest absolute Gasteiger partial charge is 0.374 e. The van der Waals surface area contributed by atoms with Crippen LogP contribution in [0.15, 0.2) is 0 Å². The molecule has 190 valence electrons. The van der Waals surface area contributed by atoms with Gasteiger partial charge in [-0.3, -0.25) is 28.5 Å². The fourth-order valence-corrected chi connectivity index (χ4v) is 4.62. The average Bonchev–Trinajstić information content (AvgIpc) is 2.65. The highest BCUT2D eigenvalue weighted by Crippen LogP contribution is 2.56. The average molecular weight is 498 g/mol. The van der Waals surface area contributed by atoms with Gasteiger partial charge in [-0.05, 0) is 13.8 Å². The van der Waals surface area contributed by atoms with Gasteiger partial charge < -0.3 is 32.7 Å². The number of carbonyl (C=O) groups excluding carboxylic acids is 5. The minimum Gasteiger partial charge on any atom is -0.462 e. The summed E-state index contributed by atoms with van der Waals surface area (Å²) < 4.78 is 49.6. The number of carbonyl (C=O) groups is 5. The summed E-state index contributed by atoms with van der Waals surface area (Å²) in [6.45, 7) is 7.13. The molecular weight excluding hydrogens is 467 g/mol. The van der Waals surface area contributed by atoms with Crippen molar-refractivity contribution in [2.75, 3.05) is 19.8 Å². The first-order valence-corrected chi connectivity index (χ1v) is 11.6. The van der Waals surface area contributed by atoms with Crippen molar-refractivity contribution in [1.82, 2.24) is 0 Å². The maximum Gasteiger partial charge on any atom is 0.374 e. The van der Waals surface area contributed by atoms with E-state index in [1.165, 1.54) is 13.8 Å². The molecule has 0 amide bonds. The number of ether oxygens (including phenoxy) is 5. The standard InChI is InChI=1S/C19H31O13P/c1-8-27-33(25,28-9-2)19(32-15(7)24)18(31-14(6)23)17(30-13(5)22)16(29-12(4)21)10-26-11(3)20/h16-19H,8-10H2,1-7H3/t16-,17-,18+,19-/m1/s1. The molecule has 0 aromatic rings. The van der Waals surface area contributed by atoms with Gasteiger partial charge in [-0.15, -0.1) is 0 Å². The zero-order chi connectivity index (χ0) is 25.8. The number of hydrogen-bond acceptors (Lipinski definition) is 13. The fourth-order valence-electron chi connectivity index (χ4n) is 2.66. The Morgan fingerprint density at radius 1 is 0.636 bits per heavy atom. The van der Waals surface area contributed by atoms with E-state index in [1.807, 2.05) is 0 Å². The Kier molecular flexibility index (Phi) is 13.5. The lowest BCUT2D eigenvalue weighted by Crippen LogP contribution is -2.53. The Hall–Kier alpha value is -2.50. The van der Waals surface area contributed by atoms with Gasteiger partial charge in [-0.2, -0.15) is 0 Å². The lowest BCUT2D eigenvalue weighted by atomic mass is 10.1. The van der Waals surface area contributed by atoms with Crippen LogP contribution in [0.2, 0.25) is 0 Å². The monoisotopic (exact) mass is 498 g/mol. The van der Waals surface area contributed by atoms with Crippen molar-refractivity contribution in [3.63, 3.8) is 0 Å². The molecule has 0 aromatic heterocycles. The zero-order valence-corrected chi connectivity index (χ0v) is 20.6. The lowest BCUT2D eigenvalue weighted by Gasteiger charge is -2.37. The molecule has 0 radical (unpaired) electrons. The first-order chi connectivity index (χ1) is 15.3. The summed E-state index contributed by atoms with van der Waals surface area (Å²) in [5, 5.41) is 0. The van der Waals surface area contributed by atoms with Crippen LogP contribution >= 0.6 is 7.60 Å². The minimum atomic E-state index is -4.36. The van der Waals surface area contributed by atoms with Gasteiger partial charge in [0, 0.05) is 34.6 Å². The summed E-state index contributed by atoms with van der Waals surface area (Å²) in [5.74, 6) is -6.40. The molecule has 0 fully saturated rings. The highest BCUT2D eigenvalue weighted by Gasteiger charge is 2.53. The third-order valence-electron chi connectivity index (χ3n) is 3.56. The van der Waals surface area contributed by atoms with Gasteiger partial charge in [0.2, 0.25) is 5.85 Å². The topological polar surface area (TPSA) is 167 Å². The third-order valence-corrected chi connectivity index (χ3v) is 5.82. The molecule has 0 aliphatic heterocycles. The highest BCUT2D eigenvalue weighted by atomic mass is 31.2. The largest absolute Gasteiger partial charge is 0.462 e. The van der Waals surface area contributed by atoms with Crippen LogP contribution in [0.25, 0.3) is 0 Å². The summed E-state index contributed by atoms with van der Waals surface area (Å²) in [7, 11) is -4.36. The van der Waals surface area contributed by atoms with Gasteiger partial charge in [0.05, 0.1) is 13.2 Å². The van der Waals surface area contributed by atoms with Gasteiger partial charge in [-0.1, -0.05) is 0 Å². The SMILES string of the molecule is CCOP(=O)(OCC)[C@@H](OC(C)=O)[C@@H](OC(C)=O)[C@H](OC(C)=O)[C@@H](COC(C)=O)OC(C)=O. The second-order valence-electron chi connectivity index (χ2n) is 6.47. The molecule has 0 aromatic carbocycles. The van der Waals surface area contributed by atoms with E-state index in [1.54, 1.807) is 0 Å². The Morgan fingerprint density at radius 2 is 1.06 bits per heavy atom.